The van der Waals surface area contributed by atoms with Gasteiger partial charge in [0, 0.05) is 18.8 Å². The molecule has 2 aliphatic rings. The molecule has 23 heavy (non-hydrogen) atoms. The molecule has 1 aliphatic heterocycles. The first-order valence-electron chi connectivity index (χ1n) is 7.65. The Morgan fingerprint density at radius 1 is 1.43 bits per heavy atom. The number of sulfonamides is 1. The van der Waals surface area contributed by atoms with Gasteiger partial charge in [-0.15, -0.1) is 0 Å². The third-order valence-corrected chi connectivity index (χ3v) is 6.15. The van der Waals surface area contributed by atoms with Crippen LogP contribution in [0, 0.1) is 5.41 Å². The van der Waals surface area contributed by atoms with Gasteiger partial charge < -0.3 is 4.74 Å². The van der Waals surface area contributed by atoms with Crippen LogP contribution in [0.5, 0.6) is 0 Å². The summed E-state index contributed by atoms with van der Waals surface area (Å²) in [6.07, 6.45) is 0.168. The Hall–Kier alpha value is -1.06. The number of hydrogen-bond donors (Lipinski definition) is 1. The summed E-state index contributed by atoms with van der Waals surface area (Å²) in [7, 11) is -3.78. The third-order valence-electron chi connectivity index (χ3n) is 4.85. The molecule has 9 heteroatoms. The molecule has 1 aromatic rings. The topological polar surface area (TPSA) is 73.2 Å². The predicted molar refractivity (Wildman–Crippen MR) is 78.8 cm³/mol. The van der Waals surface area contributed by atoms with Crippen LogP contribution in [0.15, 0.2) is 17.3 Å². The van der Waals surface area contributed by atoms with Crippen LogP contribution in [0.1, 0.15) is 39.2 Å². The van der Waals surface area contributed by atoms with E-state index in [1.165, 1.54) is 6.07 Å². The quantitative estimate of drug-likeness (QED) is 0.852. The maximum absolute atomic E-state index is 13.2. The van der Waals surface area contributed by atoms with Crippen LogP contribution in [-0.2, 0) is 14.8 Å². The normalized spacial score (nSPS) is 30.7. The molecular formula is C14H21F2N3O3S. The Kier molecular flexibility index (Phi) is 4.01. The molecule has 2 bridgehead atoms. The molecule has 0 aromatic carbocycles. The van der Waals surface area contributed by atoms with Gasteiger partial charge in [-0.05, 0) is 39.2 Å². The number of hydrogen-bond acceptors (Lipinski definition) is 4. The van der Waals surface area contributed by atoms with Crippen molar-refractivity contribution < 1.29 is 21.9 Å². The van der Waals surface area contributed by atoms with E-state index in [0.717, 1.165) is 0 Å². The van der Waals surface area contributed by atoms with E-state index < -0.39 is 27.5 Å². The Balaban J connectivity index is 1.68. The highest BCUT2D eigenvalue weighted by molar-refractivity contribution is 7.89. The van der Waals surface area contributed by atoms with Crippen molar-refractivity contribution in [3.63, 3.8) is 0 Å². The largest absolute Gasteiger partial charge is 0.373 e. The highest BCUT2D eigenvalue weighted by Crippen LogP contribution is 2.55. The summed E-state index contributed by atoms with van der Waals surface area (Å²) in [5.74, 6) is 0. The van der Waals surface area contributed by atoms with Crippen molar-refractivity contribution in [1.82, 2.24) is 14.5 Å². The van der Waals surface area contributed by atoms with E-state index in [4.69, 9.17) is 4.74 Å². The van der Waals surface area contributed by atoms with Gasteiger partial charge in [-0.2, -0.15) is 5.10 Å². The second-order valence-corrected chi connectivity index (χ2v) is 8.58. The molecule has 1 N–H and O–H groups in total. The second-order valence-electron chi connectivity index (χ2n) is 6.86. The number of ether oxygens (including phenoxy) is 1. The summed E-state index contributed by atoms with van der Waals surface area (Å²) in [5.41, 5.74) is -1.92. The third kappa shape index (κ3) is 2.89. The van der Waals surface area contributed by atoms with Gasteiger partial charge in [-0.1, -0.05) is 0 Å². The lowest BCUT2D eigenvalue weighted by Crippen LogP contribution is -2.41. The Morgan fingerprint density at radius 2 is 2.17 bits per heavy atom. The molecule has 2 unspecified atom stereocenters. The van der Waals surface area contributed by atoms with Gasteiger partial charge in [-0.3, -0.25) is 4.68 Å². The molecule has 6 nitrogen and oxygen atoms in total. The minimum absolute atomic E-state index is 0.00164. The Bertz CT molecular complexity index is 679. The van der Waals surface area contributed by atoms with E-state index >= 15 is 0 Å². The second kappa shape index (κ2) is 5.49. The highest BCUT2D eigenvalue weighted by Gasteiger charge is 2.60. The number of fused-ring (bicyclic) bond motifs is 2. The number of alkyl halides is 2. The van der Waals surface area contributed by atoms with Crippen molar-refractivity contribution in [2.45, 2.75) is 56.2 Å². The minimum atomic E-state index is -3.78. The number of halogens is 2. The fraction of sp³-hybridized carbons (Fsp3) is 0.786. The summed E-state index contributed by atoms with van der Waals surface area (Å²) in [4.78, 5) is 0. The SMILES string of the molecule is CC(C)n1ccc(S(=O)(=O)NCC23CCC(C(F)F)(CO2)C3)n1. The lowest BCUT2D eigenvalue weighted by molar-refractivity contribution is -0.0628. The zero-order valence-electron chi connectivity index (χ0n) is 13.1. The summed E-state index contributed by atoms with van der Waals surface area (Å²) >= 11 is 0. The Morgan fingerprint density at radius 3 is 2.65 bits per heavy atom. The first-order chi connectivity index (χ1) is 10.7. The molecule has 130 valence electrons. The zero-order valence-corrected chi connectivity index (χ0v) is 13.9. The maximum atomic E-state index is 13.2. The van der Waals surface area contributed by atoms with Gasteiger partial charge in [0.15, 0.2) is 5.03 Å². The van der Waals surface area contributed by atoms with E-state index in [-0.39, 0.29) is 30.6 Å². The average molecular weight is 349 g/mol. The first-order valence-corrected chi connectivity index (χ1v) is 9.13. The molecule has 2 fully saturated rings. The molecule has 2 atom stereocenters. The fourth-order valence-corrected chi connectivity index (χ4v) is 4.38. The van der Waals surface area contributed by atoms with Crippen LogP contribution in [-0.4, -0.2) is 43.4 Å². The molecule has 0 radical (unpaired) electrons. The van der Waals surface area contributed by atoms with Gasteiger partial charge in [0.2, 0.25) is 6.43 Å². The molecular weight excluding hydrogens is 328 g/mol. The lowest BCUT2D eigenvalue weighted by atomic mass is 9.88. The van der Waals surface area contributed by atoms with Crippen LogP contribution in [0.3, 0.4) is 0 Å². The summed E-state index contributed by atoms with van der Waals surface area (Å²) in [5, 5.41) is 3.96. The highest BCUT2D eigenvalue weighted by atomic mass is 32.2. The molecule has 1 aliphatic carbocycles. The van der Waals surface area contributed by atoms with Crippen LogP contribution in [0.2, 0.25) is 0 Å². The van der Waals surface area contributed by atoms with Crippen LogP contribution in [0.4, 0.5) is 8.78 Å². The molecule has 0 spiro atoms. The van der Waals surface area contributed by atoms with E-state index in [2.05, 4.69) is 9.82 Å². The van der Waals surface area contributed by atoms with Gasteiger partial charge in [0.1, 0.15) is 0 Å². The van der Waals surface area contributed by atoms with Crippen molar-refractivity contribution in [3.8, 4) is 0 Å². The van der Waals surface area contributed by atoms with Crippen molar-refractivity contribution in [1.29, 1.82) is 0 Å². The summed E-state index contributed by atoms with van der Waals surface area (Å²) in [6, 6.07) is 1.48. The van der Waals surface area contributed by atoms with Crippen molar-refractivity contribution in [3.05, 3.63) is 12.3 Å². The lowest BCUT2D eigenvalue weighted by Gasteiger charge is -2.28. The minimum Gasteiger partial charge on any atom is -0.373 e. The fourth-order valence-electron chi connectivity index (χ4n) is 3.34. The average Bonchev–Trinajstić information content (AvgIpc) is 3.19. The predicted octanol–water partition coefficient (Wildman–Crippen LogP) is 1.95. The summed E-state index contributed by atoms with van der Waals surface area (Å²) in [6.45, 7) is 3.78. The van der Waals surface area contributed by atoms with E-state index in [1.54, 1.807) is 10.9 Å². The van der Waals surface area contributed by atoms with Crippen LogP contribution >= 0.6 is 0 Å². The standard InChI is InChI=1S/C14H21F2N3O3S/c1-10(2)19-6-3-11(18-19)23(20,21)17-8-14-5-4-13(7-14,9-22-14)12(15)16/h3,6,10,12,17H,4-5,7-9H2,1-2H3. The molecule has 1 saturated carbocycles. The van der Waals surface area contributed by atoms with Gasteiger partial charge in [-0.25, -0.2) is 21.9 Å². The van der Waals surface area contributed by atoms with Crippen molar-refractivity contribution in [2.75, 3.05) is 13.2 Å². The van der Waals surface area contributed by atoms with Gasteiger partial charge >= 0.3 is 0 Å². The van der Waals surface area contributed by atoms with E-state index in [0.29, 0.717) is 12.8 Å². The Labute approximate surface area is 134 Å². The molecule has 3 rings (SSSR count). The van der Waals surface area contributed by atoms with E-state index in [9.17, 15) is 17.2 Å². The molecule has 0 amide bonds. The maximum Gasteiger partial charge on any atom is 0.259 e. The summed E-state index contributed by atoms with van der Waals surface area (Å²) < 4.78 is 60.6. The zero-order chi connectivity index (χ0) is 16.9. The van der Waals surface area contributed by atoms with Crippen LogP contribution < -0.4 is 4.72 Å². The number of aromatic nitrogens is 2. The molecule has 1 aromatic heterocycles. The number of nitrogens with zero attached hydrogens (tertiary/aromatic N) is 2. The van der Waals surface area contributed by atoms with Crippen molar-refractivity contribution in [2.24, 2.45) is 5.41 Å². The molecule has 2 heterocycles. The van der Waals surface area contributed by atoms with Crippen molar-refractivity contribution >= 4 is 10.0 Å². The van der Waals surface area contributed by atoms with Gasteiger partial charge in [0.25, 0.3) is 10.0 Å². The monoisotopic (exact) mass is 349 g/mol. The van der Waals surface area contributed by atoms with Gasteiger partial charge in [0.05, 0.1) is 17.6 Å². The van der Waals surface area contributed by atoms with E-state index in [1.807, 2.05) is 13.8 Å². The van der Waals surface area contributed by atoms with Crippen LogP contribution in [0.25, 0.3) is 0 Å². The first kappa shape index (κ1) is 16.8. The number of nitrogens with one attached hydrogen (secondary N) is 1. The smallest absolute Gasteiger partial charge is 0.259 e. The number of rotatable bonds is 6. The molecule has 1 saturated heterocycles.